The van der Waals surface area contributed by atoms with Crippen LogP contribution >= 0.6 is 0 Å². The molecule has 3 aromatic carbocycles. The molecule has 0 atom stereocenters. The van der Waals surface area contributed by atoms with Gasteiger partial charge < -0.3 is 15.3 Å². The van der Waals surface area contributed by atoms with Gasteiger partial charge in [0.05, 0.1) is 11.1 Å². The third kappa shape index (κ3) is 7.01. The van der Waals surface area contributed by atoms with E-state index in [1.807, 2.05) is 42.5 Å². The molecular weight excluding hydrogens is 489 g/mol. The fraction of sp³-hybridized carbons (Fsp3) is 0.333. The number of hydrogen-bond donors (Lipinski definition) is 2. The van der Waals surface area contributed by atoms with Crippen LogP contribution in [0.3, 0.4) is 0 Å². The van der Waals surface area contributed by atoms with Crippen molar-refractivity contribution in [3.63, 3.8) is 0 Å². The maximum atomic E-state index is 13.6. The summed E-state index contributed by atoms with van der Waals surface area (Å²) in [5.74, 6) is -0.282. The van der Waals surface area contributed by atoms with Crippen molar-refractivity contribution in [3.05, 3.63) is 107 Å². The Bertz CT molecular complexity index is 1400. The van der Waals surface area contributed by atoms with Gasteiger partial charge in [-0.1, -0.05) is 55.3 Å². The van der Waals surface area contributed by atoms with Gasteiger partial charge in [0, 0.05) is 42.1 Å². The van der Waals surface area contributed by atoms with E-state index in [-0.39, 0.29) is 17.5 Å². The van der Waals surface area contributed by atoms with E-state index in [0.29, 0.717) is 36.0 Å². The first-order chi connectivity index (χ1) is 19.1. The van der Waals surface area contributed by atoms with Gasteiger partial charge in [0.2, 0.25) is 0 Å². The molecule has 0 saturated carbocycles. The smallest absolute Gasteiger partial charge is 0.252 e. The van der Waals surface area contributed by atoms with Gasteiger partial charge in [0.1, 0.15) is 11.6 Å². The lowest BCUT2D eigenvalue weighted by molar-refractivity contribution is 0.0951. The standard InChI is InChI=1S/C33H36FN3O2/c34-28-13-11-25(12-14-28)20-30-29-21-27(33(39)35-15-8-18-37-16-6-1-2-7-17-37)23-36-31(29)22-26(32(30)38)19-24-9-4-3-5-10-24/h3-5,9-14,21-23,38H,1-2,6-8,15-20H2,(H,35,39). The number of nitrogens with one attached hydrogen (secondary N) is 1. The first kappa shape index (κ1) is 26.8. The number of nitrogens with zero attached hydrogens (tertiary/aromatic N) is 2. The van der Waals surface area contributed by atoms with E-state index in [1.54, 1.807) is 18.3 Å². The minimum atomic E-state index is -0.304. The number of fused-ring (bicyclic) bond motifs is 1. The van der Waals surface area contributed by atoms with Gasteiger partial charge in [-0.05, 0) is 74.3 Å². The number of aromatic nitrogens is 1. The molecule has 4 aromatic rings. The largest absolute Gasteiger partial charge is 0.507 e. The van der Waals surface area contributed by atoms with E-state index < -0.39 is 0 Å². The molecule has 1 aliphatic heterocycles. The van der Waals surface area contributed by atoms with Gasteiger partial charge in [-0.15, -0.1) is 0 Å². The predicted molar refractivity (Wildman–Crippen MR) is 154 cm³/mol. The summed E-state index contributed by atoms with van der Waals surface area (Å²) in [7, 11) is 0. The average Bonchev–Trinajstić information content (AvgIpc) is 3.23. The van der Waals surface area contributed by atoms with Crippen molar-refractivity contribution in [3.8, 4) is 5.75 Å². The van der Waals surface area contributed by atoms with Crippen LogP contribution in [0.15, 0.2) is 72.9 Å². The molecule has 1 aliphatic rings. The quantitative estimate of drug-likeness (QED) is 0.253. The third-order valence-electron chi connectivity index (χ3n) is 7.57. The number of carbonyl (C=O) groups excluding carboxylic acids is 1. The van der Waals surface area contributed by atoms with Gasteiger partial charge in [-0.25, -0.2) is 4.39 Å². The van der Waals surface area contributed by atoms with E-state index in [2.05, 4.69) is 15.2 Å². The van der Waals surface area contributed by atoms with E-state index in [0.717, 1.165) is 48.1 Å². The lowest BCUT2D eigenvalue weighted by Gasteiger charge is -2.19. The summed E-state index contributed by atoms with van der Waals surface area (Å²) in [6, 6.07) is 20.0. The molecule has 1 amide bonds. The van der Waals surface area contributed by atoms with Crippen LogP contribution in [0.4, 0.5) is 4.39 Å². The second kappa shape index (κ2) is 12.9. The number of carbonyl (C=O) groups is 1. The SMILES string of the molecule is O=C(NCCCN1CCCCCC1)c1cnc2cc(Cc3ccccc3)c(O)c(Cc3ccc(F)cc3)c2c1. The van der Waals surface area contributed by atoms with Crippen LogP contribution in [0.1, 0.15) is 64.7 Å². The second-order valence-electron chi connectivity index (χ2n) is 10.5. The van der Waals surface area contributed by atoms with Crippen molar-refractivity contribution in [1.82, 2.24) is 15.2 Å². The zero-order valence-electron chi connectivity index (χ0n) is 22.3. The Morgan fingerprint density at radius 2 is 1.64 bits per heavy atom. The molecule has 202 valence electrons. The highest BCUT2D eigenvalue weighted by Gasteiger charge is 2.17. The number of hydrogen-bond acceptors (Lipinski definition) is 4. The summed E-state index contributed by atoms with van der Waals surface area (Å²) >= 11 is 0. The van der Waals surface area contributed by atoms with Crippen LogP contribution < -0.4 is 5.32 Å². The van der Waals surface area contributed by atoms with Crippen LogP contribution in [0, 0.1) is 5.82 Å². The van der Waals surface area contributed by atoms with Crippen LogP contribution in [-0.4, -0.2) is 47.1 Å². The molecule has 39 heavy (non-hydrogen) atoms. The number of phenolic OH excluding ortho intramolecular Hbond substituents is 1. The summed E-state index contributed by atoms with van der Waals surface area (Å²) in [6.45, 7) is 3.90. The van der Waals surface area contributed by atoms with Crippen molar-refractivity contribution in [2.24, 2.45) is 0 Å². The number of pyridine rings is 1. The number of aromatic hydroxyl groups is 1. The van der Waals surface area contributed by atoms with Crippen LogP contribution in [0.5, 0.6) is 5.75 Å². The van der Waals surface area contributed by atoms with Gasteiger partial charge in [-0.2, -0.15) is 0 Å². The highest BCUT2D eigenvalue weighted by Crippen LogP contribution is 2.34. The molecule has 5 nitrogen and oxygen atoms in total. The van der Waals surface area contributed by atoms with Crippen LogP contribution in [-0.2, 0) is 12.8 Å². The van der Waals surface area contributed by atoms with Crippen molar-refractivity contribution in [1.29, 1.82) is 0 Å². The average molecular weight is 526 g/mol. The van der Waals surface area contributed by atoms with E-state index >= 15 is 0 Å². The Hall–Kier alpha value is -3.77. The van der Waals surface area contributed by atoms with E-state index in [4.69, 9.17) is 0 Å². The molecule has 6 heteroatoms. The topological polar surface area (TPSA) is 65.5 Å². The van der Waals surface area contributed by atoms with Gasteiger partial charge in [0.15, 0.2) is 0 Å². The molecule has 5 rings (SSSR count). The number of likely N-dealkylation sites (tertiary alicyclic amines) is 1. The number of benzene rings is 3. The summed E-state index contributed by atoms with van der Waals surface area (Å²) in [4.78, 5) is 20.2. The first-order valence-corrected chi connectivity index (χ1v) is 14.0. The Balaban J connectivity index is 1.37. The molecule has 0 radical (unpaired) electrons. The fourth-order valence-corrected chi connectivity index (χ4v) is 5.41. The molecular formula is C33H36FN3O2. The highest BCUT2D eigenvalue weighted by atomic mass is 19.1. The predicted octanol–water partition coefficient (Wildman–Crippen LogP) is 6.26. The monoisotopic (exact) mass is 525 g/mol. The van der Waals surface area contributed by atoms with Crippen LogP contribution in [0.25, 0.3) is 10.9 Å². The molecule has 0 bridgehead atoms. The Morgan fingerprint density at radius 3 is 2.38 bits per heavy atom. The molecule has 1 fully saturated rings. The maximum absolute atomic E-state index is 13.6. The zero-order valence-corrected chi connectivity index (χ0v) is 22.3. The summed E-state index contributed by atoms with van der Waals surface area (Å²) in [5.41, 5.74) is 4.59. The normalized spacial score (nSPS) is 14.3. The van der Waals surface area contributed by atoms with E-state index in [1.165, 1.54) is 37.8 Å². The number of amides is 1. The Kier molecular flexibility index (Phi) is 8.84. The maximum Gasteiger partial charge on any atom is 0.252 e. The molecule has 1 saturated heterocycles. The minimum Gasteiger partial charge on any atom is -0.507 e. The first-order valence-electron chi connectivity index (χ1n) is 14.0. The van der Waals surface area contributed by atoms with Crippen molar-refractivity contribution >= 4 is 16.8 Å². The lowest BCUT2D eigenvalue weighted by Crippen LogP contribution is -2.30. The number of phenols is 1. The number of halogens is 1. The van der Waals surface area contributed by atoms with E-state index in [9.17, 15) is 14.3 Å². The van der Waals surface area contributed by atoms with Gasteiger partial charge in [-0.3, -0.25) is 9.78 Å². The van der Waals surface area contributed by atoms with Crippen molar-refractivity contribution < 1.29 is 14.3 Å². The molecule has 0 aliphatic carbocycles. The van der Waals surface area contributed by atoms with Gasteiger partial charge in [0.25, 0.3) is 5.91 Å². The lowest BCUT2D eigenvalue weighted by atomic mass is 9.93. The molecule has 0 unspecified atom stereocenters. The molecule has 1 aromatic heterocycles. The molecule has 0 spiro atoms. The summed E-state index contributed by atoms with van der Waals surface area (Å²) in [5, 5.41) is 15.2. The Labute approximate surface area is 229 Å². The van der Waals surface area contributed by atoms with Crippen LogP contribution in [0.2, 0.25) is 0 Å². The summed E-state index contributed by atoms with van der Waals surface area (Å²) < 4.78 is 13.6. The minimum absolute atomic E-state index is 0.166. The zero-order chi connectivity index (χ0) is 27.0. The highest BCUT2D eigenvalue weighted by molar-refractivity contribution is 5.98. The fourth-order valence-electron chi connectivity index (χ4n) is 5.41. The van der Waals surface area contributed by atoms with Crippen molar-refractivity contribution in [2.75, 3.05) is 26.2 Å². The molecule has 2 heterocycles. The number of rotatable bonds is 9. The van der Waals surface area contributed by atoms with Crippen molar-refractivity contribution in [2.45, 2.75) is 44.9 Å². The molecule has 2 N–H and O–H groups in total. The third-order valence-corrected chi connectivity index (χ3v) is 7.57. The Morgan fingerprint density at radius 1 is 0.923 bits per heavy atom. The second-order valence-corrected chi connectivity index (χ2v) is 10.5. The summed E-state index contributed by atoms with van der Waals surface area (Å²) in [6.07, 6.45) is 8.62. The van der Waals surface area contributed by atoms with Gasteiger partial charge >= 0.3 is 0 Å².